The van der Waals surface area contributed by atoms with E-state index in [-0.39, 0.29) is 12.5 Å². The maximum atomic E-state index is 12.8. The highest BCUT2D eigenvalue weighted by atomic mass is 19.4. The first kappa shape index (κ1) is 17.1. The molecule has 7 heteroatoms. The first-order chi connectivity index (χ1) is 10.6. The van der Waals surface area contributed by atoms with Crippen molar-refractivity contribution in [2.45, 2.75) is 32.0 Å². The Bertz CT molecular complexity index is 705. The molecule has 1 N–H and O–H groups in total. The number of rotatable bonds is 4. The number of nitrogens with one attached hydrogen (secondary N) is 1. The first-order valence-corrected chi connectivity index (χ1v) is 7.05. The maximum absolute atomic E-state index is 12.8. The summed E-state index contributed by atoms with van der Waals surface area (Å²) in [5.41, 5.74) is -0.727. The number of alkyl halides is 3. The lowest BCUT2D eigenvalue weighted by molar-refractivity contribution is -0.138. The van der Waals surface area contributed by atoms with Crippen LogP contribution in [0.15, 0.2) is 36.5 Å². The number of nitrogens with zero attached hydrogens (tertiary/aromatic N) is 2. The van der Waals surface area contributed by atoms with Gasteiger partial charge in [-0.3, -0.25) is 9.48 Å². The summed E-state index contributed by atoms with van der Waals surface area (Å²) in [6.45, 7) is 3.46. The minimum atomic E-state index is -4.43. The van der Waals surface area contributed by atoms with Crippen molar-refractivity contribution in [2.75, 3.05) is 0 Å². The summed E-state index contributed by atoms with van der Waals surface area (Å²) in [6, 6.07) is 6.61. The summed E-state index contributed by atoms with van der Waals surface area (Å²) in [5.74, 6) is -0.349. The summed E-state index contributed by atoms with van der Waals surface area (Å²) >= 11 is 0. The van der Waals surface area contributed by atoms with E-state index in [2.05, 4.69) is 10.4 Å². The van der Waals surface area contributed by atoms with Gasteiger partial charge in [-0.1, -0.05) is 18.2 Å². The van der Waals surface area contributed by atoms with Crippen LogP contribution in [0.3, 0.4) is 0 Å². The number of hydrogen-bond acceptors (Lipinski definition) is 2. The zero-order valence-electron chi connectivity index (χ0n) is 13.1. The highest BCUT2D eigenvalue weighted by Crippen LogP contribution is 2.32. The topological polar surface area (TPSA) is 46.9 Å². The average molecular weight is 325 g/mol. The highest BCUT2D eigenvalue weighted by Gasteiger charge is 2.34. The van der Waals surface area contributed by atoms with Crippen LogP contribution in [0, 0.1) is 0 Å². The fourth-order valence-electron chi connectivity index (χ4n) is 2.18. The zero-order chi connectivity index (χ0) is 17.3. The molecule has 0 aliphatic carbocycles. The molecule has 0 fully saturated rings. The lowest BCUT2D eigenvalue weighted by Crippen LogP contribution is -2.40. The van der Waals surface area contributed by atoms with Gasteiger partial charge in [0, 0.05) is 13.2 Å². The second kappa shape index (κ2) is 6.06. The van der Waals surface area contributed by atoms with Gasteiger partial charge in [0.05, 0.1) is 23.2 Å². The van der Waals surface area contributed by atoms with E-state index in [4.69, 9.17) is 0 Å². The van der Waals surface area contributed by atoms with E-state index in [1.54, 1.807) is 37.8 Å². The molecule has 0 aliphatic rings. The van der Waals surface area contributed by atoms with E-state index >= 15 is 0 Å². The average Bonchev–Trinajstić information content (AvgIpc) is 2.89. The van der Waals surface area contributed by atoms with E-state index < -0.39 is 17.2 Å². The first-order valence-electron chi connectivity index (χ1n) is 7.05. The fraction of sp³-hybridized carbons (Fsp3) is 0.375. The van der Waals surface area contributed by atoms with E-state index in [9.17, 15) is 18.0 Å². The molecule has 4 nitrogen and oxygen atoms in total. The molecule has 1 aromatic heterocycles. The van der Waals surface area contributed by atoms with Crippen molar-refractivity contribution in [1.29, 1.82) is 0 Å². The number of carbonyl (C=O) groups is 1. The normalized spacial score (nSPS) is 12.3. The smallest absolute Gasteiger partial charge is 0.350 e. The third kappa shape index (κ3) is 3.72. The van der Waals surface area contributed by atoms with Gasteiger partial charge in [0.1, 0.15) is 0 Å². The highest BCUT2D eigenvalue weighted by molar-refractivity contribution is 5.87. The number of amides is 1. The number of benzene rings is 1. The molecule has 0 radical (unpaired) electrons. The van der Waals surface area contributed by atoms with Gasteiger partial charge in [-0.2, -0.15) is 18.3 Å². The van der Waals surface area contributed by atoms with Crippen LogP contribution >= 0.6 is 0 Å². The molecular weight excluding hydrogens is 307 g/mol. The molecule has 124 valence electrons. The third-order valence-corrected chi connectivity index (χ3v) is 3.83. The van der Waals surface area contributed by atoms with Crippen molar-refractivity contribution in [2.24, 2.45) is 7.05 Å². The number of aryl methyl sites for hydroxylation is 1. The largest absolute Gasteiger partial charge is 0.416 e. The molecule has 0 spiro atoms. The van der Waals surface area contributed by atoms with Crippen LogP contribution < -0.4 is 5.32 Å². The molecule has 2 aromatic rings. The van der Waals surface area contributed by atoms with Crippen LogP contribution in [0.25, 0.3) is 0 Å². The van der Waals surface area contributed by atoms with Crippen LogP contribution in [0.4, 0.5) is 13.2 Å². The molecule has 0 aliphatic heterocycles. The predicted octanol–water partition coefficient (Wildman–Crippen LogP) is 3.03. The third-order valence-electron chi connectivity index (χ3n) is 3.83. The van der Waals surface area contributed by atoms with E-state index in [0.29, 0.717) is 5.56 Å². The quantitative estimate of drug-likeness (QED) is 0.939. The van der Waals surface area contributed by atoms with Crippen LogP contribution in [-0.4, -0.2) is 15.7 Å². The molecule has 0 saturated heterocycles. The van der Waals surface area contributed by atoms with Gasteiger partial charge in [-0.25, -0.2) is 0 Å². The van der Waals surface area contributed by atoms with Gasteiger partial charge in [0.2, 0.25) is 5.91 Å². The predicted molar refractivity (Wildman–Crippen MR) is 79.5 cm³/mol. The van der Waals surface area contributed by atoms with Crippen LogP contribution in [0.2, 0.25) is 0 Å². The molecule has 1 aromatic carbocycles. The molecular formula is C16H18F3N3O. The summed E-state index contributed by atoms with van der Waals surface area (Å²) in [7, 11) is 1.75. The lowest BCUT2D eigenvalue weighted by atomic mass is 9.83. The maximum Gasteiger partial charge on any atom is 0.416 e. The van der Waals surface area contributed by atoms with Crippen LogP contribution in [0.5, 0.6) is 0 Å². The standard InChI is InChI=1S/C16H18F3N3O/c1-15(2,11-5-4-6-12(9-11)16(17,18)19)14(23)20-10-13-7-8-21-22(13)3/h4-9H,10H2,1-3H3,(H,20,23). The van der Waals surface area contributed by atoms with Crippen molar-refractivity contribution >= 4 is 5.91 Å². The molecule has 1 heterocycles. The van der Waals surface area contributed by atoms with E-state index in [1.807, 2.05) is 0 Å². The molecule has 1 amide bonds. The zero-order valence-corrected chi connectivity index (χ0v) is 13.1. The van der Waals surface area contributed by atoms with Crippen LogP contribution in [-0.2, 0) is 30.0 Å². The minimum absolute atomic E-state index is 0.262. The molecule has 0 atom stereocenters. The summed E-state index contributed by atoms with van der Waals surface area (Å²) in [5, 5.41) is 6.74. The molecule has 0 unspecified atom stereocenters. The van der Waals surface area contributed by atoms with Crippen molar-refractivity contribution in [3.05, 3.63) is 53.3 Å². The number of hydrogen-bond donors (Lipinski definition) is 1. The summed E-state index contributed by atoms with van der Waals surface area (Å²) < 4.78 is 40.1. The second-order valence-corrected chi connectivity index (χ2v) is 5.83. The Balaban J connectivity index is 2.17. The molecule has 2 rings (SSSR count). The molecule has 23 heavy (non-hydrogen) atoms. The van der Waals surface area contributed by atoms with E-state index in [1.165, 1.54) is 12.1 Å². The Kier molecular flexibility index (Phi) is 4.49. The minimum Gasteiger partial charge on any atom is -0.350 e. The van der Waals surface area contributed by atoms with Gasteiger partial charge < -0.3 is 5.32 Å². The van der Waals surface area contributed by atoms with Gasteiger partial charge in [-0.05, 0) is 31.5 Å². The molecule has 0 bridgehead atoms. The number of halogens is 3. The SMILES string of the molecule is Cn1nccc1CNC(=O)C(C)(C)c1cccc(C(F)(F)F)c1. The summed E-state index contributed by atoms with van der Waals surface area (Å²) in [6.07, 6.45) is -2.82. The Morgan fingerprint density at radius 2 is 1.87 bits per heavy atom. The van der Waals surface area contributed by atoms with Crippen molar-refractivity contribution in [3.8, 4) is 0 Å². The fourth-order valence-corrected chi connectivity index (χ4v) is 2.18. The second-order valence-electron chi connectivity index (χ2n) is 5.83. The van der Waals surface area contributed by atoms with Crippen LogP contribution in [0.1, 0.15) is 30.7 Å². The Morgan fingerprint density at radius 1 is 1.22 bits per heavy atom. The Morgan fingerprint density at radius 3 is 2.43 bits per heavy atom. The Labute approximate surface area is 132 Å². The lowest BCUT2D eigenvalue weighted by Gasteiger charge is -2.25. The molecule has 0 saturated carbocycles. The summed E-state index contributed by atoms with van der Waals surface area (Å²) in [4.78, 5) is 12.4. The van der Waals surface area contributed by atoms with Gasteiger partial charge in [0.15, 0.2) is 0 Å². The van der Waals surface area contributed by atoms with Crippen molar-refractivity contribution in [3.63, 3.8) is 0 Å². The van der Waals surface area contributed by atoms with Gasteiger partial charge in [-0.15, -0.1) is 0 Å². The van der Waals surface area contributed by atoms with Gasteiger partial charge >= 0.3 is 6.18 Å². The van der Waals surface area contributed by atoms with Gasteiger partial charge in [0.25, 0.3) is 0 Å². The monoisotopic (exact) mass is 325 g/mol. The Hall–Kier alpha value is -2.31. The van der Waals surface area contributed by atoms with Crippen molar-refractivity contribution < 1.29 is 18.0 Å². The van der Waals surface area contributed by atoms with E-state index in [0.717, 1.165) is 17.8 Å². The van der Waals surface area contributed by atoms with Crippen molar-refractivity contribution in [1.82, 2.24) is 15.1 Å². The number of aromatic nitrogens is 2. The number of carbonyl (C=O) groups excluding carboxylic acids is 1.